The van der Waals surface area contributed by atoms with E-state index in [1.165, 1.54) is 6.26 Å². The Labute approximate surface area is 161 Å². The Balaban J connectivity index is 1.49. The highest BCUT2D eigenvalue weighted by Gasteiger charge is 2.29. The number of halogens is 1. The van der Waals surface area contributed by atoms with Crippen molar-refractivity contribution in [3.05, 3.63) is 40.0 Å². The summed E-state index contributed by atoms with van der Waals surface area (Å²) in [5, 5.41) is 13.1. The van der Waals surface area contributed by atoms with Crippen LogP contribution in [0.3, 0.4) is 0 Å². The second kappa shape index (κ2) is 6.83. The molecular weight excluding hydrogens is 369 g/mol. The number of nitrogens with zero attached hydrogens (tertiary/aromatic N) is 1. The monoisotopic (exact) mass is 391 g/mol. The number of hydrogen-bond acceptors (Lipinski definition) is 5. The molecule has 4 rings (SSSR count). The molecule has 0 saturated carbocycles. The molecule has 0 radical (unpaired) electrons. The molecule has 0 fully saturated rings. The maximum Gasteiger partial charge on any atom is 0.329 e. The van der Waals surface area contributed by atoms with Crippen molar-refractivity contribution in [1.82, 2.24) is 9.71 Å². The van der Waals surface area contributed by atoms with Crippen LogP contribution in [-0.2, 0) is 31.3 Å². The lowest BCUT2D eigenvalue weighted by atomic mass is 9.98. The summed E-state index contributed by atoms with van der Waals surface area (Å²) in [6.07, 6.45) is 6.23. The van der Waals surface area contributed by atoms with Gasteiger partial charge < -0.3 is 14.8 Å². The smallest absolute Gasteiger partial charge is 0.329 e. The molecule has 2 aliphatic carbocycles. The normalized spacial score (nSPS) is 15.6. The van der Waals surface area contributed by atoms with Crippen molar-refractivity contribution in [2.24, 2.45) is 0 Å². The predicted molar refractivity (Wildman–Crippen MR) is 100 cm³/mol. The molecule has 27 heavy (non-hydrogen) atoms. The molecule has 8 heteroatoms. The number of aliphatic hydroxyl groups is 1. The van der Waals surface area contributed by atoms with Crippen molar-refractivity contribution < 1.29 is 18.7 Å². The molecule has 2 aliphatic rings. The zero-order chi connectivity index (χ0) is 19.2. The molecule has 2 amide bonds. The molecule has 0 bridgehead atoms. The van der Waals surface area contributed by atoms with E-state index in [4.69, 9.17) is 4.42 Å². The number of oxazole rings is 1. The van der Waals surface area contributed by atoms with Gasteiger partial charge in [0.15, 0.2) is 0 Å². The van der Waals surface area contributed by atoms with Crippen molar-refractivity contribution in [1.29, 1.82) is 0 Å². The molecular formula is C19H22FN3O3S. The lowest BCUT2D eigenvalue weighted by Gasteiger charge is -2.17. The lowest BCUT2D eigenvalue weighted by molar-refractivity contribution is 0.0736. The number of anilines is 1. The number of carbonyl (C=O) groups excluding carboxylic acids is 1. The van der Waals surface area contributed by atoms with Gasteiger partial charge in [-0.3, -0.25) is 4.72 Å². The number of rotatable bonds is 4. The highest BCUT2D eigenvalue weighted by molar-refractivity contribution is 7.97. The van der Waals surface area contributed by atoms with E-state index in [2.05, 4.69) is 15.0 Å². The van der Waals surface area contributed by atoms with E-state index in [0.717, 1.165) is 78.4 Å². The molecule has 0 unspecified atom stereocenters. The van der Waals surface area contributed by atoms with Crippen molar-refractivity contribution in [3.8, 4) is 0 Å². The Morgan fingerprint density at radius 3 is 2.33 bits per heavy atom. The van der Waals surface area contributed by atoms with Gasteiger partial charge in [-0.15, -0.1) is 0 Å². The van der Waals surface area contributed by atoms with Gasteiger partial charge in [-0.05, 0) is 74.6 Å². The zero-order valence-corrected chi connectivity index (χ0v) is 16.1. The first-order chi connectivity index (χ1) is 12.8. The Hall–Kier alpha value is -2.06. The van der Waals surface area contributed by atoms with Crippen LogP contribution in [0.15, 0.2) is 15.9 Å². The predicted octanol–water partition coefficient (Wildman–Crippen LogP) is 3.85. The molecule has 3 N–H and O–H groups in total. The number of carbonyl (C=O) groups is 1. The Kier molecular flexibility index (Phi) is 4.63. The van der Waals surface area contributed by atoms with Gasteiger partial charge in [-0.2, -0.15) is 0 Å². The highest BCUT2D eigenvalue weighted by Crippen LogP contribution is 2.41. The van der Waals surface area contributed by atoms with E-state index < -0.39 is 11.6 Å². The average molecular weight is 391 g/mol. The molecule has 0 saturated heterocycles. The first-order valence-corrected chi connectivity index (χ1v) is 9.93. The van der Waals surface area contributed by atoms with Gasteiger partial charge in [0.2, 0.25) is 0 Å². The zero-order valence-electron chi connectivity index (χ0n) is 15.3. The first kappa shape index (κ1) is 18.3. The number of aromatic nitrogens is 1. The number of fused-ring (bicyclic) bond motifs is 2. The SMILES string of the molecule is CC(C)(O)c1coc(SNC(=O)Nc2c3c(c(F)c4c2CCC4)CCC3)n1. The maximum atomic E-state index is 14.7. The molecule has 144 valence electrons. The van der Waals surface area contributed by atoms with E-state index in [1.807, 2.05) is 0 Å². The van der Waals surface area contributed by atoms with Crippen molar-refractivity contribution in [2.75, 3.05) is 5.32 Å². The molecule has 6 nitrogen and oxygen atoms in total. The van der Waals surface area contributed by atoms with Gasteiger partial charge in [0.05, 0.1) is 0 Å². The molecule has 0 atom stereocenters. The van der Waals surface area contributed by atoms with Crippen LogP contribution in [0.5, 0.6) is 0 Å². The summed E-state index contributed by atoms with van der Waals surface area (Å²) in [4.78, 5) is 16.6. The molecule has 1 heterocycles. The fourth-order valence-corrected chi connectivity index (χ4v) is 4.32. The first-order valence-electron chi connectivity index (χ1n) is 9.11. The molecule has 0 aliphatic heterocycles. The quantitative estimate of drug-likeness (QED) is 0.689. The maximum absolute atomic E-state index is 14.7. The van der Waals surface area contributed by atoms with Crippen molar-refractivity contribution >= 4 is 23.7 Å². The van der Waals surface area contributed by atoms with Gasteiger partial charge in [0, 0.05) is 17.6 Å². The molecule has 0 spiro atoms. The van der Waals surface area contributed by atoms with Crippen LogP contribution < -0.4 is 10.0 Å². The van der Waals surface area contributed by atoms with Crippen molar-refractivity contribution in [2.45, 2.75) is 63.2 Å². The van der Waals surface area contributed by atoms with E-state index in [1.54, 1.807) is 13.8 Å². The Morgan fingerprint density at radius 1 is 1.19 bits per heavy atom. The summed E-state index contributed by atoms with van der Waals surface area (Å²) >= 11 is 0.929. The summed E-state index contributed by atoms with van der Waals surface area (Å²) < 4.78 is 22.6. The van der Waals surface area contributed by atoms with Crippen molar-refractivity contribution in [3.63, 3.8) is 0 Å². The number of benzene rings is 1. The van der Waals surface area contributed by atoms with Crippen LogP contribution >= 0.6 is 11.9 Å². The molecule has 2 aromatic rings. The van der Waals surface area contributed by atoms with Gasteiger partial charge in [-0.1, -0.05) is 0 Å². The second-order valence-corrected chi connectivity index (χ2v) is 8.28. The summed E-state index contributed by atoms with van der Waals surface area (Å²) in [6, 6.07) is -0.405. The van der Waals surface area contributed by atoms with Crippen LogP contribution in [-0.4, -0.2) is 16.1 Å². The van der Waals surface area contributed by atoms with E-state index >= 15 is 0 Å². The number of amides is 2. The Bertz CT molecular complexity index is 869. The fourth-order valence-electron chi connectivity index (χ4n) is 3.85. The number of nitrogens with one attached hydrogen (secondary N) is 2. The summed E-state index contributed by atoms with van der Waals surface area (Å²) in [7, 11) is 0. The third-order valence-corrected chi connectivity index (χ3v) is 5.80. The Morgan fingerprint density at radius 2 is 1.78 bits per heavy atom. The van der Waals surface area contributed by atoms with Crippen LogP contribution in [0.4, 0.5) is 14.9 Å². The topological polar surface area (TPSA) is 87.4 Å². The number of hydrogen-bond donors (Lipinski definition) is 3. The molecule has 1 aromatic heterocycles. The minimum atomic E-state index is -1.11. The van der Waals surface area contributed by atoms with E-state index in [0.29, 0.717) is 5.69 Å². The fraction of sp³-hybridized carbons (Fsp3) is 0.474. The van der Waals surface area contributed by atoms with E-state index in [-0.39, 0.29) is 11.0 Å². The summed E-state index contributed by atoms with van der Waals surface area (Å²) in [5.41, 5.74) is 3.46. The summed E-state index contributed by atoms with van der Waals surface area (Å²) in [6.45, 7) is 3.21. The minimum absolute atomic E-state index is 0.0609. The average Bonchev–Trinajstić information content (AvgIpc) is 3.36. The third kappa shape index (κ3) is 3.43. The van der Waals surface area contributed by atoms with E-state index in [9.17, 15) is 14.3 Å². The molecule has 1 aromatic carbocycles. The van der Waals surface area contributed by atoms with Crippen LogP contribution in [0.2, 0.25) is 0 Å². The largest absolute Gasteiger partial charge is 0.438 e. The van der Waals surface area contributed by atoms with Gasteiger partial charge in [0.1, 0.15) is 23.4 Å². The number of urea groups is 1. The standard InChI is InChI=1S/C19H22FN3O3S/c1-19(2,25)14-9-26-18(21-14)27-23-17(24)22-16-12-7-3-5-10(12)15(20)11-6-4-8-13(11)16/h9,25H,3-8H2,1-2H3,(H2,22,23,24). The van der Waals surface area contributed by atoms with Crippen LogP contribution in [0.1, 0.15) is 54.6 Å². The van der Waals surface area contributed by atoms with Gasteiger partial charge >= 0.3 is 6.03 Å². The van der Waals surface area contributed by atoms with Gasteiger partial charge in [-0.25, -0.2) is 14.2 Å². The second-order valence-electron chi connectivity index (χ2n) is 7.53. The third-order valence-electron chi connectivity index (χ3n) is 5.15. The van der Waals surface area contributed by atoms with Crippen LogP contribution in [0.25, 0.3) is 0 Å². The summed E-state index contributed by atoms with van der Waals surface area (Å²) in [5.74, 6) is -0.0609. The van der Waals surface area contributed by atoms with Gasteiger partial charge in [0.25, 0.3) is 5.22 Å². The minimum Gasteiger partial charge on any atom is -0.438 e. The van der Waals surface area contributed by atoms with Crippen LogP contribution in [0, 0.1) is 5.82 Å². The lowest BCUT2D eigenvalue weighted by Crippen LogP contribution is -2.24. The highest BCUT2D eigenvalue weighted by atomic mass is 32.2.